The quantitative estimate of drug-likeness (QED) is 0.694. The number of nitriles is 2. The van der Waals surface area contributed by atoms with E-state index < -0.39 is 0 Å². The molecule has 2 bridgehead atoms. The fourth-order valence-electron chi connectivity index (χ4n) is 3.96. The molecule has 3 atom stereocenters. The zero-order valence-electron chi connectivity index (χ0n) is 12.4. The number of hydrogen-bond donors (Lipinski definition) is 0. The molecule has 2 rings (SSSR count). The van der Waals surface area contributed by atoms with Gasteiger partial charge >= 0.3 is 0 Å². The lowest BCUT2D eigenvalue weighted by atomic mass is 9.70. The number of hydrogen-bond acceptors (Lipinski definition) is 5. The van der Waals surface area contributed by atoms with Gasteiger partial charge in [0.2, 0.25) is 0 Å². The van der Waals surface area contributed by atoms with E-state index in [1.54, 1.807) is 0 Å². The van der Waals surface area contributed by atoms with Gasteiger partial charge < -0.3 is 4.74 Å². The minimum atomic E-state index is 0.00118. The second-order valence-electron chi connectivity index (χ2n) is 6.66. The third kappa shape index (κ3) is 2.69. The van der Waals surface area contributed by atoms with Crippen molar-refractivity contribution < 1.29 is 4.74 Å². The van der Waals surface area contributed by atoms with Crippen molar-refractivity contribution in [2.45, 2.75) is 52.2 Å². The number of thiocyanates is 2. The molecule has 2 aliphatic carbocycles. The Kier molecular flexibility index (Phi) is 4.95. The zero-order valence-corrected chi connectivity index (χ0v) is 14.0. The van der Waals surface area contributed by atoms with Crippen molar-refractivity contribution in [2.75, 3.05) is 11.5 Å². The maximum atomic E-state index is 8.73. The summed E-state index contributed by atoms with van der Waals surface area (Å²) in [6, 6.07) is 0. The van der Waals surface area contributed by atoms with Gasteiger partial charge in [-0.25, -0.2) is 0 Å². The fourth-order valence-corrected chi connectivity index (χ4v) is 5.02. The molecule has 0 N–H and O–H groups in total. The van der Waals surface area contributed by atoms with Crippen LogP contribution in [-0.2, 0) is 4.74 Å². The molecule has 2 saturated carbocycles. The standard InChI is InChI=1S/C15H22N2OS2/c1-14(2)11-4-5-15(14,3)13(6-11)18-12(7-19-9-16)8-20-10-17/h11-13H,4-8H2,1-3H3. The summed E-state index contributed by atoms with van der Waals surface area (Å²) in [5.74, 6) is 2.07. The van der Waals surface area contributed by atoms with Crippen LogP contribution in [0.5, 0.6) is 0 Å². The van der Waals surface area contributed by atoms with Crippen molar-refractivity contribution in [1.29, 1.82) is 10.5 Å². The highest BCUT2D eigenvalue weighted by Gasteiger charge is 2.62. The van der Waals surface area contributed by atoms with Gasteiger partial charge in [-0.2, -0.15) is 10.5 Å². The van der Waals surface area contributed by atoms with E-state index in [1.165, 1.54) is 36.4 Å². The number of thioether (sulfide) groups is 2. The second-order valence-corrected chi connectivity index (χ2v) is 8.27. The third-order valence-corrected chi connectivity index (χ3v) is 7.07. The van der Waals surface area contributed by atoms with E-state index in [-0.39, 0.29) is 17.6 Å². The Hall–Kier alpha value is -0.360. The molecule has 0 aromatic rings. The fraction of sp³-hybridized carbons (Fsp3) is 0.867. The predicted molar refractivity (Wildman–Crippen MR) is 84.0 cm³/mol. The molecule has 2 aliphatic rings. The molecule has 2 fully saturated rings. The number of rotatable bonds is 6. The molecule has 0 spiro atoms. The SMILES string of the molecule is CC1(C)C2CCC1(C)C(OC(CSC#N)CSC#N)C2. The minimum Gasteiger partial charge on any atom is -0.373 e. The van der Waals surface area contributed by atoms with Gasteiger partial charge in [0, 0.05) is 11.5 Å². The summed E-state index contributed by atoms with van der Waals surface area (Å²) in [5, 5.41) is 21.7. The summed E-state index contributed by atoms with van der Waals surface area (Å²) in [4.78, 5) is 0. The van der Waals surface area contributed by atoms with Crippen LogP contribution in [-0.4, -0.2) is 23.7 Å². The predicted octanol–water partition coefficient (Wildman–Crippen LogP) is 4.01. The Morgan fingerprint density at radius 3 is 2.20 bits per heavy atom. The van der Waals surface area contributed by atoms with Gasteiger partial charge in [0.25, 0.3) is 0 Å². The van der Waals surface area contributed by atoms with Crippen LogP contribution in [0.25, 0.3) is 0 Å². The van der Waals surface area contributed by atoms with Crippen molar-refractivity contribution in [3.8, 4) is 10.8 Å². The molecule has 20 heavy (non-hydrogen) atoms. The van der Waals surface area contributed by atoms with Gasteiger partial charge in [-0.1, -0.05) is 20.8 Å². The monoisotopic (exact) mass is 310 g/mol. The summed E-state index contributed by atoms with van der Waals surface area (Å²) in [6.07, 6.45) is 3.96. The first-order valence-corrected chi connectivity index (χ1v) is 9.10. The molecule has 0 aromatic carbocycles. The van der Waals surface area contributed by atoms with Crippen molar-refractivity contribution >= 4 is 23.5 Å². The average molecular weight is 310 g/mol. The molecule has 0 heterocycles. The number of ether oxygens (including phenoxy) is 1. The smallest absolute Gasteiger partial charge is 0.133 e. The first-order valence-electron chi connectivity index (χ1n) is 7.13. The van der Waals surface area contributed by atoms with Crippen LogP contribution in [0, 0.1) is 38.1 Å². The normalized spacial score (nSPS) is 34.1. The Morgan fingerprint density at radius 1 is 1.20 bits per heavy atom. The molecule has 0 aliphatic heterocycles. The van der Waals surface area contributed by atoms with E-state index in [9.17, 15) is 0 Å². The molecule has 110 valence electrons. The highest BCUT2D eigenvalue weighted by Crippen LogP contribution is 2.66. The molecule has 0 aromatic heterocycles. The maximum Gasteiger partial charge on any atom is 0.133 e. The molecule has 3 nitrogen and oxygen atoms in total. The Morgan fingerprint density at radius 2 is 1.80 bits per heavy atom. The molecule has 0 radical (unpaired) electrons. The van der Waals surface area contributed by atoms with E-state index in [2.05, 4.69) is 31.6 Å². The van der Waals surface area contributed by atoms with E-state index in [1.807, 2.05) is 0 Å². The van der Waals surface area contributed by atoms with Crippen LogP contribution in [0.4, 0.5) is 0 Å². The number of fused-ring (bicyclic) bond motifs is 2. The topological polar surface area (TPSA) is 56.8 Å². The van der Waals surface area contributed by atoms with Gasteiger partial charge in [0.1, 0.15) is 10.8 Å². The van der Waals surface area contributed by atoms with Crippen molar-refractivity contribution in [1.82, 2.24) is 0 Å². The highest BCUT2D eigenvalue weighted by atomic mass is 32.2. The van der Waals surface area contributed by atoms with Gasteiger partial charge in [-0.15, -0.1) is 0 Å². The average Bonchev–Trinajstić information content (AvgIpc) is 2.74. The third-order valence-electron chi connectivity index (χ3n) is 5.74. The lowest BCUT2D eigenvalue weighted by Gasteiger charge is -2.40. The minimum absolute atomic E-state index is 0.00118. The van der Waals surface area contributed by atoms with Crippen LogP contribution in [0.15, 0.2) is 0 Å². The van der Waals surface area contributed by atoms with Crippen molar-refractivity contribution in [3.63, 3.8) is 0 Å². The van der Waals surface area contributed by atoms with Crippen LogP contribution < -0.4 is 0 Å². The van der Waals surface area contributed by atoms with Crippen LogP contribution in [0.2, 0.25) is 0 Å². The molecular weight excluding hydrogens is 288 g/mol. The Balaban J connectivity index is 2.01. The summed E-state index contributed by atoms with van der Waals surface area (Å²) in [5.41, 5.74) is 0.581. The summed E-state index contributed by atoms with van der Waals surface area (Å²) in [6.45, 7) is 7.10. The number of nitrogens with zero attached hydrogens (tertiary/aromatic N) is 2. The second kappa shape index (κ2) is 6.18. The van der Waals surface area contributed by atoms with Gasteiger partial charge in [0.05, 0.1) is 12.2 Å². The summed E-state index contributed by atoms with van der Waals surface area (Å²) in [7, 11) is 0. The zero-order chi connectivity index (χ0) is 14.8. The van der Waals surface area contributed by atoms with Crippen molar-refractivity contribution in [2.24, 2.45) is 16.7 Å². The van der Waals surface area contributed by atoms with E-state index >= 15 is 0 Å². The van der Waals surface area contributed by atoms with E-state index in [4.69, 9.17) is 15.3 Å². The van der Waals surface area contributed by atoms with Gasteiger partial charge in [0.15, 0.2) is 0 Å². The Bertz CT molecular complexity index is 422. The largest absolute Gasteiger partial charge is 0.373 e. The molecular formula is C15H22N2OS2. The summed E-state index contributed by atoms with van der Waals surface area (Å²) >= 11 is 2.45. The van der Waals surface area contributed by atoms with E-state index in [0.29, 0.717) is 16.9 Å². The van der Waals surface area contributed by atoms with Crippen LogP contribution >= 0.6 is 23.5 Å². The van der Waals surface area contributed by atoms with Gasteiger partial charge in [-0.3, -0.25) is 0 Å². The van der Waals surface area contributed by atoms with Crippen LogP contribution in [0.1, 0.15) is 40.0 Å². The van der Waals surface area contributed by atoms with Crippen LogP contribution in [0.3, 0.4) is 0 Å². The van der Waals surface area contributed by atoms with Crippen molar-refractivity contribution in [3.05, 3.63) is 0 Å². The maximum absolute atomic E-state index is 8.73. The van der Waals surface area contributed by atoms with E-state index in [0.717, 1.165) is 12.3 Å². The molecule has 0 saturated heterocycles. The molecule has 0 amide bonds. The summed E-state index contributed by atoms with van der Waals surface area (Å²) < 4.78 is 6.34. The molecule has 5 heteroatoms. The molecule has 3 unspecified atom stereocenters. The Labute approximate surface area is 130 Å². The lowest BCUT2D eigenvalue weighted by Crippen LogP contribution is -2.40. The first kappa shape index (κ1) is 16.0. The highest BCUT2D eigenvalue weighted by molar-refractivity contribution is 8.04. The first-order chi connectivity index (χ1) is 9.45. The lowest BCUT2D eigenvalue weighted by molar-refractivity contribution is -0.0709. The van der Waals surface area contributed by atoms with Gasteiger partial charge in [-0.05, 0) is 59.5 Å².